The fourth-order valence-electron chi connectivity index (χ4n) is 0.923. The summed E-state index contributed by atoms with van der Waals surface area (Å²) in [7, 11) is 0. The van der Waals surface area contributed by atoms with E-state index in [9.17, 15) is 0 Å². The molecule has 70 valence electrons. The smallest absolute Gasteiger partial charge is 0.170 e. The maximum absolute atomic E-state index is 8.54. The molecule has 0 amide bonds. The molecule has 0 aliphatic carbocycles. The normalized spacial score (nSPS) is 8.62. The molecule has 0 unspecified atom stereocenters. The topological polar surface area (TPSA) is 27.7 Å². The predicted molar refractivity (Wildman–Crippen MR) is 49.8 cm³/mol. The average molecular weight is 306 g/mol. The van der Waals surface area contributed by atoms with Crippen LogP contribution in [-0.2, 0) is 6.54 Å². The highest BCUT2D eigenvalue weighted by atomic mass is 79.9. The summed E-state index contributed by atoms with van der Waals surface area (Å²) in [6.07, 6.45) is 4.97. The molecule has 0 aromatic carbocycles. The van der Waals surface area contributed by atoms with Crippen molar-refractivity contribution < 1.29 is 21.5 Å². The van der Waals surface area contributed by atoms with E-state index >= 15 is 0 Å². The molecule has 0 atom stereocenters. The van der Waals surface area contributed by atoms with Gasteiger partial charge in [-0.1, -0.05) is 15.9 Å². The van der Waals surface area contributed by atoms with Crippen molar-refractivity contribution in [2.45, 2.75) is 13.0 Å². The van der Waals surface area contributed by atoms with E-state index in [1.807, 2.05) is 24.5 Å². The molecule has 1 aromatic rings. The highest BCUT2D eigenvalue weighted by Crippen LogP contribution is 1.92. The summed E-state index contributed by atoms with van der Waals surface area (Å²) in [5, 5.41) is 9.55. The molecule has 1 rings (SSSR count). The van der Waals surface area contributed by atoms with Crippen molar-refractivity contribution in [1.29, 1.82) is 5.26 Å². The Balaban J connectivity index is 0.00000144. The van der Waals surface area contributed by atoms with E-state index in [0.29, 0.717) is 5.56 Å². The molecular weight excluding hydrogens is 296 g/mol. The van der Waals surface area contributed by atoms with Crippen molar-refractivity contribution in [3.05, 3.63) is 30.1 Å². The van der Waals surface area contributed by atoms with Crippen molar-refractivity contribution in [1.82, 2.24) is 0 Å². The second-order valence-corrected chi connectivity index (χ2v) is 3.27. The van der Waals surface area contributed by atoms with Gasteiger partial charge in [0.05, 0.1) is 11.6 Å². The summed E-state index contributed by atoms with van der Waals surface area (Å²) >= 11 is 3.37. The van der Waals surface area contributed by atoms with Crippen LogP contribution in [0.2, 0.25) is 0 Å². The number of hydrogen-bond donors (Lipinski definition) is 0. The van der Waals surface area contributed by atoms with E-state index in [-0.39, 0.29) is 17.0 Å². The van der Waals surface area contributed by atoms with Gasteiger partial charge in [0, 0.05) is 23.9 Å². The van der Waals surface area contributed by atoms with Gasteiger partial charge < -0.3 is 17.0 Å². The van der Waals surface area contributed by atoms with Crippen LogP contribution < -0.4 is 21.5 Å². The van der Waals surface area contributed by atoms with Gasteiger partial charge in [-0.25, -0.2) is 4.57 Å². The molecule has 2 nitrogen and oxygen atoms in total. The van der Waals surface area contributed by atoms with Gasteiger partial charge in [0.15, 0.2) is 12.4 Å². The molecule has 4 heteroatoms. The van der Waals surface area contributed by atoms with E-state index in [4.69, 9.17) is 5.26 Å². The third kappa shape index (κ3) is 4.39. The Morgan fingerprint density at radius 2 is 2.00 bits per heavy atom. The van der Waals surface area contributed by atoms with Crippen molar-refractivity contribution >= 4 is 15.9 Å². The largest absolute Gasteiger partial charge is 1.00 e. The molecule has 0 spiro atoms. The Hall–Kier alpha value is -0.400. The van der Waals surface area contributed by atoms with Gasteiger partial charge in [-0.15, -0.1) is 0 Å². The summed E-state index contributed by atoms with van der Waals surface area (Å²) in [5.41, 5.74) is 0.713. The number of rotatable bonds is 3. The number of halogens is 2. The third-order valence-corrected chi connectivity index (χ3v) is 2.13. The van der Waals surface area contributed by atoms with E-state index in [0.717, 1.165) is 18.3 Å². The molecule has 13 heavy (non-hydrogen) atoms. The van der Waals surface area contributed by atoms with E-state index < -0.39 is 0 Å². The molecule has 0 saturated heterocycles. The van der Waals surface area contributed by atoms with Gasteiger partial charge >= 0.3 is 0 Å². The lowest BCUT2D eigenvalue weighted by molar-refractivity contribution is -0.696. The van der Waals surface area contributed by atoms with E-state index in [1.165, 1.54) is 0 Å². The summed E-state index contributed by atoms with van der Waals surface area (Å²) < 4.78 is 2.07. The van der Waals surface area contributed by atoms with Gasteiger partial charge in [0.2, 0.25) is 0 Å². The fourth-order valence-corrected chi connectivity index (χ4v) is 1.17. The van der Waals surface area contributed by atoms with Crippen LogP contribution >= 0.6 is 15.9 Å². The number of hydrogen-bond acceptors (Lipinski definition) is 1. The van der Waals surface area contributed by atoms with E-state index in [1.54, 1.807) is 0 Å². The Morgan fingerprint density at radius 1 is 1.38 bits per heavy atom. The zero-order valence-corrected chi connectivity index (χ0v) is 10.3. The van der Waals surface area contributed by atoms with Crippen molar-refractivity contribution in [3.63, 3.8) is 0 Å². The summed E-state index contributed by atoms with van der Waals surface area (Å²) in [6, 6.07) is 5.74. The number of nitrogens with zero attached hydrogens (tertiary/aromatic N) is 2. The molecule has 0 aliphatic rings. The highest BCUT2D eigenvalue weighted by Gasteiger charge is 1.98. The minimum absolute atomic E-state index is 0. The third-order valence-electron chi connectivity index (χ3n) is 1.57. The second-order valence-electron chi connectivity index (χ2n) is 2.48. The Kier molecular flexibility index (Phi) is 6.83. The van der Waals surface area contributed by atoms with Gasteiger partial charge in [-0.05, 0) is 0 Å². The molecule has 0 bridgehead atoms. The molecule has 0 N–H and O–H groups in total. The minimum atomic E-state index is 0. The minimum Gasteiger partial charge on any atom is -1.00 e. The van der Waals surface area contributed by atoms with Gasteiger partial charge in [-0.3, -0.25) is 0 Å². The first-order valence-electron chi connectivity index (χ1n) is 3.82. The fraction of sp³-hybridized carbons (Fsp3) is 0.333. The van der Waals surface area contributed by atoms with Crippen LogP contribution in [0.1, 0.15) is 12.0 Å². The Bertz CT molecular complexity index is 277. The molecule has 1 heterocycles. The zero-order chi connectivity index (χ0) is 8.81. The van der Waals surface area contributed by atoms with Crippen LogP contribution in [0.5, 0.6) is 0 Å². The summed E-state index contributed by atoms with van der Waals surface area (Å²) in [5.74, 6) is 0. The number of aromatic nitrogens is 1. The van der Waals surface area contributed by atoms with Crippen LogP contribution in [0.15, 0.2) is 24.5 Å². The average Bonchev–Trinajstić information content (AvgIpc) is 2.15. The lowest BCUT2D eigenvalue weighted by atomic mass is 10.3. The number of aryl methyl sites for hydroxylation is 1. The van der Waals surface area contributed by atoms with Crippen LogP contribution in [0, 0.1) is 11.3 Å². The quantitative estimate of drug-likeness (QED) is 0.500. The first-order chi connectivity index (χ1) is 5.86. The number of alkyl halides is 1. The second kappa shape index (κ2) is 7.05. The van der Waals surface area contributed by atoms with Gasteiger partial charge in [0.25, 0.3) is 0 Å². The van der Waals surface area contributed by atoms with Crippen LogP contribution in [0.3, 0.4) is 0 Å². The van der Waals surface area contributed by atoms with Gasteiger partial charge in [-0.2, -0.15) is 5.26 Å². The van der Waals surface area contributed by atoms with E-state index in [2.05, 4.69) is 26.6 Å². The van der Waals surface area contributed by atoms with Crippen LogP contribution in [0.25, 0.3) is 0 Å². The maximum atomic E-state index is 8.54. The molecule has 0 radical (unpaired) electrons. The maximum Gasteiger partial charge on any atom is 0.170 e. The molecular formula is C9H10Br2N2. The molecule has 1 aromatic heterocycles. The van der Waals surface area contributed by atoms with Crippen LogP contribution in [0.4, 0.5) is 0 Å². The van der Waals surface area contributed by atoms with Crippen molar-refractivity contribution in [3.8, 4) is 6.07 Å². The number of pyridine rings is 1. The monoisotopic (exact) mass is 304 g/mol. The molecule has 0 fully saturated rings. The van der Waals surface area contributed by atoms with Crippen molar-refractivity contribution in [2.24, 2.45) is 0 Å². The first kappa shape index (κ1) is 12.6. The number of nitriles is 1. The predicted octanol–water partition coefficient (Wildman–Crippen LogP) is -1.37. The standard InChI is InChI=1S/C9H10BrN2.BrH/c10-4-1-5-12-6-2-9(8-11)3-7-12;/h2-3,6-7H,1,4-5H2;1H/q+1;/p-1. The Morgan fingerprint density at radius 3 is 2.46 bits per heavy atom. The highest BCUT2D eigenvalue weighted by molar-refractivity contribution is 9.09. The SMILES string of the molecule is N#Cc1cc[n+](CCCBr)cc1.[Br-]. The summed E-state index contributed by atoms with van der Waals surface area (Å²) in [6.45, 7) is 0.997. The molecule has 0 saturated carbocycles. The molecule has 0 aliphatic heterocycles. The first-order valence-corrected chi connectivity index (χ1v) is 4.94. The lowest BCUT2D eigenvalue weighted by Crippen LogP contribution is -3.00. The van der Waals surface area contributed by atoms with Crippen molar-refractivity contribution in [2.75, 3.05) is 5.33 Å². The zero-order valence-electron chi connectivity index (χ0n) is 7.08. The summed E-state index contributed by atoms with van der Waals surface area (Å²) in [4.78, 5) is 0. The lowest BCUT2D eigenvalue weighted by Gasteiger charge is -1.92. The Labute approximate surface area is 97.1 Å². The van der Waals surface area contributed by atoms with Gasteiger partial charge in [0.1, 0.15) is 6.54 Å². The van der Waals surface area contributed by atoms with Crippen LogP contribution in [-0.4, -0.2) is 5.33 Å².